The summed E-state index contributed by atoms with van der Waals surface area (Å²) in [6, 6.07) is 11.9. The van der Waals surface area contributed by atoms with Crippen LogP contribution in [0.2, 0.25) is 0 Å². The predicted octanol–water partition coefficient (Wildman–Crippen LogP) is 5.23. The Labute approximate surface area is 174 Å². The number of thioether (sulfide) groups is 1. The third kappa shape index (κ3) is 4.59. The van der Waals surface area contributed by atoms with Gasteiger partial charge in [0.15, 0.2) is 0 Å². The van der Waals surface area contributed by atoms with Crippen molar-refractivity contribution in [3.63, 3.8) is 0 Å². The summed E-state index contributed by atoms with van der Waals surface area (Å²) in [6.07, 6.45) is 3.20. The quantitative estimate of drug-likeness (QED) is 0.313. The molecule has 2 aromatic rings. The third-order valence-corrected chi connectivity index (χ3v) is 5.53. The fourth-order valence-electron chi connectivity index (χ4n) is 2.43. The fraction of sp³-hybridized carbons (Fsp3) is 0.100. The van der Waals surface area contributed by atoms with Crippen LogP contribution in [0.5, 0.6) is 5.75 Å². The highest BCUT2D eigenvalue weighted by molar-refractivity contribution is 14.1. The molecule has 7 heteroatoms. The highest BCUT2D eigenvalue weighted by Crippen LogP contribution is 2.33. The summed E-state index contributed by atoms with van der Waals surface area (Å²) in [6.45, 7) is 3.88. The molecule has 0 bridgehead atoms. The second-order valence-electron chi connectivity index (χ2n) is 5.65. The normalized spacial score (nSPS) is 15.5. The van der Waals surface area contributed by atoms with E-state index in [-0.39, 0.29) is 30.1 Å². The number of benzene rings is 2. The van der Waals surface area contributed by atoms with Gasteiger partial charge in [-0.3, -0.25) is 14.5 Å². The number of nitrogens with zero attached hydrogens (tertiary/aromatic N) is 1. The monoisotopic (exact) mass is 495 g/mol. The van der Waals surface area contributed by atoms with Gasteiger partial charge < -0.3 is 4.74 Å². The summed E-state index contributed by atoms with van der Waals surface area (Å²) in [5.74, 6) is -0.00469. The number of ether oxygens (including phenoxy) is 1. The van der Waals surface area contributed by atoms with Gasteiger partial charge in [0.1, 0.15) is 18.2 Å². The number of amides is 2. The first-order valence-electron chi connectivity index (χ1n) is 8.01. The van der Waals surface area contributed by atoms with Crippen LogP contribution in [0.1, 0.15) is 11.1 Å². The average Bonchev–Trinajstić information content (AvgIpc) is 2.90. The van der Waals surface area contributed by atoms with Crippen molar-refractivity contribution >= 4 is 51.6 Å². The van der Waals surface area contributed by atoms with Crippen LogP contribution in [-0.2, 0) is 11.4 Å². The highest BCUT2D eigenvalue weighted by Gasteiger charge is 2.34. The molecule has 0 aliphatic carbocycles. The summed E-state index contributed by atoms with van der Waals surface area (Å²) in [7, 11) is 0. The average molecular weight is 495 g/mol. The van der Waals surface area contributed by atoms with Gasteiger partial charge in [-0.1, -0.05) is 30.3 Å². The molecule has 0 spiro atoms. The molecule has 1 heterocycles. The van der Waals surface area contributed by atoms with Crippen molar-refractivity contribution in [2.45, 2.75) is 6.61 Å². The van der Waals surface area contributed by atoms with Crippen molar-refractivity contribution < 1.29 is 18.7 Å². The smallest absolute Gasteiger partial charge is 0.293 e. The lowest BCUT2D eigenvalue weighted by molar-refractivity contribution is -0.122. The fourth-order valence-corrected chi connectivity index (χ4v) is 3.98. The Morgan fingerprint density at radius 3 is 2.70 bits per heavy atom. The Morgan fingerprint density at radius 2 is 2.00 bits per heavy atom. The number of hydrogen-bond acceptors (Lipinski definition) is 4. The van der Waals surface area contributed by atoms with Crippen LogP contribution in [0.15, 0.2) is 60.0 Å². The molecule has 4 nitrogen and oxygen atoms in total. The summed E-state index contributed by atoms with van der Waals surface area (Å²) < 4.78 is 20.2. The van der Waals surface area contributed by atoms with Crippen LogP contribution in [-0.4, -0.2) is 22.6 Å². The molecule has 2 aromatic carbocycles. The van der Waals surface area contributed by atoms with E-state index < -0.39 is 0 Å². The lowest BCUT2D eigenvalue weighted by atomic mass is 10.2. The van der Waals surface area contributed by atoms with Gasteiger partial charge in [0.05, 0.1) is 8.48 Å². The van der Waals surface area contributed by atoms with Gasteiger partial charge in [-0.2, -0.15) is 0 Å². The Kier molecular flexibility index (Phi) is 6.33. The van der Waals surface area contributed by atoms with Gasteiger partial charge >= 0.3 is 0 Å². The molecular weight excluding hydrogens is 480 g/mol. The molecular formula is C20H15FINO3S. The Morgan fingerprint density at radius 1 is 1.22 bits per heavy atom. The van der Waals surface area contributed by atoms with Crippen LogP contribution in [0, 0.1) is 9.39 Å². The number of halogens is 2. The minimum Gasteiger partial charge on any atom is -0.488 e. The van der Waals surface area contributed by atoms with Crippen LogP contribution >= 0.6 is 34.4 Å². The van der Waals surface area contributed by atoms with Gasteiger partial charge in [-0.05, 0) is 64.2 Å². The first-order valence-corrected chi connectivity index (χ1v) is 9.91. The van der Waals surface area contributed by atoms with Gasteiger partial charge in [0.25, 0.3) is 11.1 Å². The van der Waals surface area contributed by atoms with Crippen molar-refractivity contribution in [1.29, 1.82) is 0 Å². The molecule has 1 aliphatic heterocycles. The van der Waals surface area contributed by atoms with Crippen LogP contribution in [0.3, 0.4) is 0 Å². The highest BCUT2D eigenvalue weighted by atomic mass is 127. The molecule has 1 fully saturated rings. The maximum absolute atomic E-state index is 13.7. The van der Waals surface area contributed by atoms with E-state index in [1.54, 1.807) is 36.4 Å². The molecule has 27 heavy (non-hydrogen) atoms. The standard InChI is InChI=1S/C20H15FINO3S/c1-2-9-23-19(24)18(27-20(23)25)11-13-7-8-17(16(22)10-13)26-12-14-5-3-4-6-15(14)21/h2-8,10-11H,1,9,12H2/b18-11+. The van der Waals surface area contributed by atoms with Crippen LogP contribution in [0.25, 0.3) is 6.08 Å². The van der Waals surface area contributed by atoms with E-state index in [1.165, 1.54) is 12.1 Å². The Hall–Kier alpha value is -2.13. The molecule has 0 unspecified atom stereocenters. The molecule has 2 amide bonds. The van der Waals surface area contributed by atoms with Crippen LogP contribution < -0.4 is 4.74 Å². The molecule has 0 atom stereocenters. The number of carbonyl (C=O) groups excluding carboxylic acids is 2. The van der Waals surface area contributed by atoms with Crippen molar-refractivity contribution in [1.82, 2.24) is 4.90 Å². The molecule has 0 N–H and O–H groups in total. The summed E-state index contributed by atoms with van der Waals surface area (Å²) in [5, 5.41) is -0.300. The molecule has 0 saturated carbocycles. The van der Waals surface area contributed by atoms with Crippen molar-refractivity contribution in [2.24, 2.45) is 0 Å². The van der Waals surface area contributed by atoms with E-state index in [1.807, 2.05) is 6.07 Å². The van der Waals surface area contributed by atoms with E-state index >= 15 is 0 Å². The predicted molar refractivity (Wildman–Crippen MR) is 113 cm³/mol. The number of hydrogen-bond donors (Lipinski definition) is 0. The van der Waals surface area contributed by atoms with Gasteiger partial charge in [-0.15, -0.1) is 6.58 Å². The van der Waals surface area contributed by atoms with E-state index in [4.69, 9.17) is 4.74 Å². The maximum atomic E-state index is 13.7. The second-order valence-corrected chi connectivity index (χ2v) is 7.81. The number of rotatable bonds is 6. The zero-order valence-corrected chi connectivity index (χ0v) is 17.1. The SMILES string of the molecule is C=CCN1C(=O)S/C(=C/c2ccc(OCc3ccccc3F)c(I)c2)C1=O. The van der Waals surface area contributed by atoms with Crippen molar-refractivity contribution in [3.8, 4) is 5.75 Å². The molecule has 0 radical (unpaired) electrons. The Bertz CT molecular complexity index is 945. The first-order chi connectivity index (χ1) is 13.0. The molecule has 0 aromatic heterocycles. The molecule has 1 saturated heterocycles. The van der Waals surface area contributed by atoms with Crippen LogP contribution in [0.4, 0.5) is 9.18 Å². The summed E-state index contributed by atoms with van der Waals surface area (Å²) in [5.41, 5.74) is 1.26. The van der Waals surface area contributed by atoms with E-state index in [2.05, 4.69) is 29.2 Å². The lowest BCUT2D eigenvalue weighted by Gasteiger charge is -2.10. The summed E-state index contributed by atoms with van der Waals surface area (Å²) in [4.78, 5) is 25.7. The summed E-state index contributed by atoms with van der Waals surface area (Å²) >= 11 is 3.03. The second kappa shape index (κ2) is 8.71. The van der Waals surface area contributed by atoms with E-state index in [9.17, 15) is 14.0 Å². The van der Waals surface area contributed by atoms with E-state index in [0.29, 0.717) is 16.2 Å². The van der Waals surface area contributed by atoms with Gasteiger partial charge in [0.2, 0.25) is 0 Å². The molecule has 3 rings (SSSR count). The minimum absolute atomic E-state index is 0.127. The van der Waals surface area contributed by atoms with Gasteiger partial charge in [-0.25, -0.2) is 4.39 Å². The maximum Gasteiger partial charge on any atom is 0.293 e. The molecule has 138 valence electrons. The number of imide groups is 1. The first kappa shape index (κ1) is 19.6. The molecule has 1 aliphatic rings. The van der Waals surface area contributed by atoms with Crippen molar-refractivity contribution in [3.05, 3.63) is 80.5 Å². The van der Waals surface area contributed by atoms with Gasteiger partial charge in [0, 0.05) is 12.1 Å². The largest absolute Gasteiger partial charge is 0.488 e. The Balaban J connectivity index is 1.73. The number of carbonyl (C=O) groups is 2. The van der Waals surface area contributed by atoms with E-state index in [0.717, 1.165) is 25.8 Å². The third-order valence-electron chi connectivity index (χ3n) is 3.78. The minimum atomic E-state index is -0.320. The topological polar surface area (TPSA) is 46.6 Å². The zero-order chi connectivity index (χ0) is 19.4. The van der Waals surface area contributed by atoms with Crippen molar-refractivity contribution in [2.75, 3.05) is 6.54 Å². The zero-order valence-electron chi connectivity index (χ0n) is 14.2. The lowest BCUT2D eigenvalue weighted by Crippen LogP contribution is -2.27.